The molecule has 0 heterocycles. The van der Waals surface area contributed by atoms with Crippen LogP contribution in [-0.2, 0) is 11.2 Å². The van der Waals surface area contributed by atoms with Gasteiger partial charge in [0.25, 0.3) is 5.69 Å². The summed E-state index contributed by atoms with van der Waals surface area (Å²) in [6.07, 6.45) is 1.26. The minimum atomic E-state index is -0.424. The molecular formula is C17H18N2O3S. The van der Waals surface area contributed by atoms with Crippen LogP contribution in [0.1, 0.15) is 18.9 Å². The summed E-state index contributed by atoms with van der Waals surface area (Å²) in [5, 5.41) is 13.5. The number of nitro benzene ring substituents is 1. The van der Waals surface area contributed by atoms with Gasteiger partial charge in [-0.2, -0.15) is 0 Å². The first-order valence-corrected chi connectivity index (χ1v) is 8.33. The van der Waals surface area contributed by atoms with Gasteiger partial charge in [0.1, 0.15) is 0 Å². The van der Waals surface area contributed by atoms with E-state index in [1.54, 1.807) is 12.1 Å². The number of carbonyl (C=O) groups is 1. The lowest BCUT2D eigenvalue weighted by atomic mass is 10.1. The van der Waals surface area contributed by atoms with Gasteiger partial charge >= 0.3 is 0 Å². The van der Waals surface area contributed by atoms with Crippen molar-refractivity contribution in [2.75, 3.05) is 11.1 Å². The number of amides is 1. The summed E-state index contributed by atoms with van der Waals surface area (Å²) in [5.41, 5.74) is 2.05. The average molecular weight is 330 g/mol. The fourth-order valence-electron chi connectivity index (χ4n) is 2.09. The van der Waals surface area contributed by atoms with E-state index in [1.165, 1.54) is 23.9 Å². The number of nitrogens with one attached hydrogen (secondary N) is 1. The van der Waals surface area contributed by atoms with Crippen molar-refractivity contribution < 1.29 is 9.72 Å². The summed E-state index contributed by atoms with van der Waals surface area (Å²) >= 11 is 1.51. The second-order valence-electron chi connectivity index (χ2n) is 4.91. The second-order valence-corrected chi connectivity index (χ2v) is 6.08. The maximum atomic E-state index is 12.0. The van der Waals surface area contributed by atoms with E-state index in [0.717, 1.165) is 22.6 Å². The fraction of sp³-hybridized carbons (Fsp3) is 0.235. The van der Waals surface area contributed by atoms with E-state index in [1.807, 2.05) is 24.3 Å². The van der Waals surface area contributed by atoms with E-state index in [2.05, 4.69) is 12.2 Å². The van der Waals surface area contributed by atoms with Gasteiger partial charge in [0.15, 0.2) is 0 Å². The van der Waals surface area contributed by atoms with Crippen LogP contribution in [0.5, 0.6) is 0 Å². The van der Waals surface area contributed by atoms with E-state index < -0.39 is 4.92 Å². The van der Waals surface area contributed by atoms with Crippen molar-refractivity contribution in [3.63, 3.8) is 0 Å². The van der Waals surface area contributed by atoms with Gasteiger partial charge in [0.05, 0.1) is 4.92 Å². The zero-order valence-corrected chi connectivity index (χ0v) is 13.6. The first-order valence-electron chi connectivity index (χ1n) is 7.35. The number of aryl methyl sites for hydroxylation is 1. The molecular weight excluding hydrogens is 312 g/mol. The van der Waals surface area contributed by atoms with Crippen LogP contribution < -0.4 is 5.32 Å². The molecule has 0 bridgehead atoms. The molecule has 0 aliphatic rings. The number of hydrogen-bond acceptors (Lipinski definition) is 4. The van der Waals surface area contributed by atoms with Crippen molar-refractivity contribution in [3.05, 3.63) is 64.2 Å². The summed E-state index contributed by atoms with van der Waals surface area (Å²) < 4.78 is 0. The fourth-order valence-corrected chi connectivity index (χ4v) is 2.94. The summed E-state index contributed by atoms with van der Waals surface area (Å²) in [5.74, 6) is 0.595. The van der Waals surface area contributed by atoms with Crippen LogP contribution in [0.25, 0.3) is 0 Å². The third-order valence-corrected chi connectivity index (χ3v) is 4.33. The monoisotopic (exact) mass is 330 g/mol. The molecule has 0 atom stereocenters. The first kappa shape index (κ1) is 17.0. The van der Waals surface area contributed by atoms with Gasteiger partial charge in [-0.1, -0.05) is 25.1 Å². The van der Waals surface area contributed by atoms with Crippen LogP contribution in [0.3, 0.4) is 0 Å². The highest BCUT2D eigenvalue weighted by atomic mass is 32.2. The molecule has 0 saturated carbocycles. The Balaban J connectivity index is 1.81. The van der Waals surface area contributed by atoms with E-state index in [4.69, 9.17) is 0 Å². The molecule has 0 aromatic heterocycles. The lowest BCUT2D eigenvalue weighted by Crippen LogP contribution is -2.13. The Morgan fingerprint density at radius 3 is 2.52 bits per heavy atom. The second kappa shape index (κ2) is 8.33. The normalized spacial score (nSPS) is 10.3. The number of anilines is 1. The number of rotatable bonds is 7. The molecule has 0 aliphatic heterocycles. The standard InChI is InChI=1S/C17H18N2O3S/c1-2-13-5-3-4-6-16(13)18-17(20)11-12-23-15-9-7-14(8-10-15)19(21)22/h3-10H,2,11-12H2,1H3,(H,18,20). The number of benzene rings is 2. The molecule has 2 aromatic rings. The highest BCUT2D eigenvalue weighted by Gasteiger charge is 2.07. The van der Waals surface area contributed by atoms with E-state index in [9.17, 15) is 14.9 Å². The number of carbonyl (C=O) groups excluding carboxylic acids is 1. The van der Waals surface area contributed by atoms with Crippen molar-refractivity contribution in [1.29, 1.82) is 0 Å². The van der Waals surface area contributed by atoms with Crippen molar-refractivity contribution >= 4 is 29.0 Å². The van der Waals surface area contributed by atoms with Crippen molar-refractivity contribution in [3.8, 4) is 0 Å². The molecule has 5 nitrogen and oxygen atoms in total. The van der Waals surface area contributed by atoms with Gasteiger partial charge in [-0.25, -0.2) is 0 Å². The summed E-state index contributed by atoms with van der Waals surface area (Å²) in [6.45, 7) is 2.05. The summed E-state index contributed by atoms with van der Waals surface area (Å²) in [6, 6.07) is 14.1. The van der Waals surface area contributed by atoms with Gasteiger partial charge in [0.2, 0.25) is 5.91 Å². The molecule has 120 valence electrons. The van der Waals surface area contributed by atoms with Crippen LogP contribution in [0.2, 0.25) is 0 Å². The molecule has 0 spiro atoms. The Morgan fingerprint density at radius 2 is 1.87 bits per heavy atom. The Hall–Kier alpha value is -2.34. The zero-order valence-electron chi connectivity index (χ0n) is 12.8. The number of para-hydroxylation sites is 1. The molecule has 2 rings (SSSR count). The Kier molecular flexibility index (Phi) is 6.17. The molecule has 23 heavy (non-hydrogen) atoms. The molecule has 0 unspecified atom stereocenters. The Labute approximate surface area is 139 Å². The number of thioether (sulfide) groups is 1. The molecule has 1 amide bonds. The molecule has 0 saturated heterocycles. The van der Waals surface area contributed by atoms with E-state index in [0.29, 0.717) is 12.2 Å². The van der Waals surface area contributed by atoms with Crippen LogP contribution in [0.4, 0.5) is 11.4 Å². The molecule has 2 aromatic carbocycles. The smallest absolute Gasteiger partial charge is 0.269 e. The van der Waals surface area contributed by atoms with Crippen molar-refractivity contribution in [1.82, 2.24) is 0 Å². The van der Waals surface area contributed by atoms with Gasteiger partial charge in [-0.15, -0.1) is 11.8 Å². The average Bonchev–Trinajstić information content (AvgIpc) is 2.56. The van der Waals surface area contributed by atoms with Gasteiger partial charge < -0.3 is 5.32 Å². The van der Waals surface area contributed by atoms with Gasteiger partial charge in [-0.05, 0) is 30.2 Å². The van der Waals surface area contributed by atoms with Crippen molar-refractivity contribution in [2.45, 2.75) is 24.7 Å². The highest BCUT2D eigenvalue weighted by Crippen LogP contribution is 2.22. The summed E-state index contributed by atoms with van der Waals surface area (Å²) in [4.78, 5) is 23.1. The Bertz CT molecular complexity index is 686. The van der Waals surface area contributed by atoms with Crippen LogP contribution >= 0.6 is 11.8 Å². The highest BCUT2D eigenvalue weighted by molar-refractivity contribution is 7.99. The predicted octanol–water partition coefficient (Wildman–Crippen LogP) is 4.28. The van der Waals surface area contributed by atoms with Gasteiger partial charge in [-0.3, -0.25) is 14.9 Å². The third-order valence-electron chi connectivity index (χ3n) is 3.32. The Morgan fingerprint density at radius 1 is 1.17 bits per heavy atom. The van der Waals surface area contributed by atoms with Gasteiger partial charge in [0, 0.05) is 34.9 Å². The zero-order chi connectivity index (χ0) is 16.7. The van der Waals surface area contributed by atoms with E-state index in [-0.39, 0.29) is 11.6 Å². The predicted molar refractivity (Wildman–Crippen MR) is 92.9 cm³/mol. The largest absolute Gasteiger partial charge is 0.326 e. The lowest BCUT2D eigenvalue weighted by molar-refractivity contribution is -0.384. The van der Waals surface area contributed by atoms with Crippen LogP contribution in [-0.4, -0.2) is 16.6 Å². The molecule has 1 N–H and O–H groups in total. The third kappa shape index (κ3) is 5.10. The van der Waals surface area contributed by atoms with Crippen LogP contribution in [0, 0.1) is 10.1 Å². The maximum absolute atomic E-state index is 12.0. The SMILES string of the molecule is CCc1ccccc1NC(=O)CCSc1ccc([N+](=O)[O-])cc1. The molecule has 0 radical (unpaired) electrons. The molecule has 0 fully saturated rings. The van der Waals surface area contributed by atoms with E-state index >= 15 is 0 Å². The van der Waals surface area contributed by atoms with Crippen molar-refractivity contribution in [2.24, 2.45) is 0 Å². The number of non-ortho nitro benzene ring substituents is 1. The quantitative estimate of drug-likeness (QED) is 0.467. The minimum absolute atomic E-state index is 0.0275. The maximum Gasteiger partial charge on any atom is 0.269 e. The first-order chi connectivity index (χ1) is 11.1. The molecule has 6 heteroatoms. The number of nitrogens with zero attached hydrogens (tertiary/aromatic N) is 1. The molecule has 0 aliphatic carbocycles. The van der Waals surface area contributed by atoms with Crippen LogP contribution in [0.15, 0.2) is 53.4 Å². The summed E-state index contributed by atoms with van der Waals surface area (Å²) in [7, 11) is 0. The number of nitro groups is 1. The lowest BCUT2D eigenvalue weighted by Gasteiger charge is -2.09. The minimum Gasteiger partial charge on any atom is -0.326 e. The topological polar surface area (TPSA) is 72.2 Å². The number of hydrogen-bond donors (Lipinski definition) is 1.